The quantitative estimate of drug-likeness (QED) is 0.591. The lowest BCUT2D eigenvalue weighted by atomic mass is 10.2. The van der Waals surface area contributed by atoms with Crippen molar-refractivity contribution in [3.63, 3.8) is 0 Å². The summed E-state index contributed by atoms with van der Waals surface area (Å²) in [5.41, 5.74) is 2.53. The second-order valence-electron chi connectivity index (χ2n) is 3.20. The fourth-order valence-corrected chi connectivity index (χ4v) is 1.48. The first-order chi connectivity index (χ1) is 6.11. The van der Waals surface area contributed by atoms with Crippen LogP contribution in [0, 0.1) is 6.92 Å². The third kappa shape index (κ3) is 0.950. The number of rotatable bonds is 0. The standard InChI is InChI=1S/C9H11N3O/c1-6-3-4-7-8(5-6)12(10)9(13)11(7)2/h3-5H,10H2,1-2H3. The topological polar surface area (TPSA) is 52.9 Å². The Hall–Kier alpha value is -1.71. The predicted molar refractivity (Wildman–Crippen MR) is 52.1 cm³/mol. The van der Waals surface area contributed by atoms with Gasteiger partial charge in [0.15, 0.2) is 0 Å². The van der Waals surface area contributed by atoms with Gasteiger partial charge in [0.1, 0.15) is 0 Å². The van der Waals surface area contributed by atoms with Gasteiger partial charge in [-0.3, -0.25) is 4.57 Å². The van der Waals surface area contributed by atoms with Crippen LogP contribution in [0.4, 0.5) is 0 Å². The molecule has 0 radical (unpaired) electrons. The number of hydrogen-bond donors (Lipinski definition) is 1. The second-order valence-corrected chi connectivity index (χ2v) is 3.20. The summed E-state index contributed by atoms with van der Waals surface area (Å²) in [6.45, 7) is 1.97. The van der Waals surface area contributed by atoms with E-state index in [4.69, 9.17) is 5.84 Å². The predicted octanol–water partition coefficient (Wildman–Crippen LogP) is 0.362. The van der Waals surface area contributed by atoms with Crippen molar-refractivity contribution >= 4 is 11.0 Å². The Morgan fingerprint density at radius 2 is 2.00 bits per heavy atom. The zero-order chi connectivity index (χ0) is 9.59. The maximum Gasteiger partial charge on any atom is 0.347 e. The lowest BCUT2D eigenvalue weighted by Gasteiger charge is -1.95. The maximum atomic E-state index is 11.4. The van der Waals surface area contributed by atoms with Crippen LogP contribution in [0.1, 0.15) is 5.56 Å². The van der Waals surface area contributed by atoms with Crippen molar-refractivity contribution in [3.8, 4) is 0 Å². The highest BCUT2D eigenvalue weighted by molar-refractivity contribution is 5.76. The number of benzene rings is 1. The number of nitrogens with two attached hydrogens (primary N) is 1. The largest absolute Gasteiger partial charge is 0.347 e. The Bertz CT molecular complexity index is 521. The molecular weight excluding hydrogens is 166 g/mol. The van der Waals surface area contributed by atoms with Gasteiger partial charge in [-0.2, -0.15) is 0 Å². The summed E-state index contributed by atoms with van der Waals surface area (Å²) >= 11 is 0. The molecule has 2 rings (SSSR count). The van der Waals surface area contributed by atoms with Crippen LogP contribution in [0.2, 0.25) is 0 Å². The minimum absolute atomic E-state index is 0.194. The van der Waals surface area contributed by atoms with Gasteiger partial charge in [-0.05, 0) is 24.6 Å². The number of nitrogen functional groups attached to an aromatic ring is 1. The molecule has 0 fully saturated rings. The number of imidazole rings is 1. The Morgan fingerprint density at radius 3 is 2.69 bits per heavy atom. The number of nitrogens with zero attached hydrogens (tertiary/aromatic N) is 2. The van der Waals surface area contributed by atoms with Gasteiger partial charge in [0.25, 0.3) is 0 Å². The van der Waals surface area contributed by atoms with E-state index in [1.54, 1.807) is 7.05 Å². The highest BCUT2D eigenvalue weighted by Crippen LogP contribution is 2.11. The number of aryl methyl sites for hydroxylation is 2. The monoisotopic (exact) mass is 177 g/mol. The van der Waals surface area contributed by atoms with Gasteiger partial charge in [-0.1, -0.05) is 6.07 Å². The van der Waals surface area contributed by atoms with Crippen molar-refractivity contribution in [2.24, 2.45) is 7.05 Å². The summed E-state index contributed by atoms with van der Waals surface area (Å²) in [4.78, 5) is 11.4. The van der Waals surface area contributed by atoms with Crippen LogP contribution in [-0.2, 0) is 7.05 Å². The first kappa shape index (κ1) is 7.91. The summed E-state index contributed by atoms with van der Waals surface area (Å²) in [7, 11) is 1.71. The van der Waals surface area contributed by atoms with Crippen LogP contribution >= 0.6 is 0 Å². The van der Waals surface area contributed by atoms with Gasteiger partial charge in [0, 0.05) is 7.05 Å². The molecule has 0 bridgehead atoms. The molecule has 4 nitrogen and oxygen atoms in total. The van der Waals surface area contributed by atoms with Gasteiger partial charge >= 0.3 is 5.69 Å². The Balaban J connectivity index is 3.04. The van der Waals surface area contributed by atoms with Crippen LogP contribution in [0.5, 0.6) is 0 Å². The van der Waals surface area contributed by atoms with Gasteiger partial charge in [-0.25, -0.2) is 9.47 Å². The third-order valence-corrected chi connectivity index (χ3v) is 2.24. The average Bonchev–Trinajstić information content (AvgIpc) is 2.32. The molecule has 0 aliphatic carbocycles. The van der Waals surface area contributed by atoms with Crippen LogP contribution < -0.4 is 11.5 Å². The molecule has 0 aliphatic heterocycles. The van der Waals surface area contributed by atoms with Crippen molar-refractivity contribution in [2.75, 3.05) is 5.84 Å². The average molecular weight is 177 g/mol. The molecule has 68 valence electrons. The van der Waals surface area contributed by atoms with Crippen molar-refractivity contribution in [1.29, 1.82) is 0 Å². The summed E-state index contributed by atoms with van der Waals surface area (Å²) in [6.07, 6.45) is 0. The fourth-order valence-electron chi connectivity index (χ4n) is 1.48. The van der Waals surface area contributed by atoms with Crippen molar-refractivity contribution in [2.45, 2.75) is 6.92 Å². The molecule has 1 heterocycles. The van der Waals surface area contributed by atoms with E-state index in [0.717, 1.165) is 16.6 Å². The fraction of sp³-hybridized carbons (Fsp3) is 0.222. The zero-order valence-electron chi connectivity index (χ0n) is 7.61. The summed E-state index contributed by atoms with van der Waals surface area (Å²) < 4.78 is 2.71. The van der Waals surface area contributed by atoms with E-state index in [2.05, 4.69) is 0 Å². The molecule has 4 heteroatoms. The Morgan fingerprint density at radius 1 is 1.31 bits per heavy atom. The number of hydrogen-bond acceptors (Lipinski definition) is 2. The molecule has 2 aromatic rings. The molecule has 0 atom stereocenters. The van der Waals surface area contributed by atoms with Gasteiger partial charge in [0.2, 0.25) is 0 Å². The molecule has 13 heavy (non-hydrogen) atoms. The number of aromatic nitrogens is 2. The van der Waals surface area contributed by atoms with Crippen molar-refractivity contribution in [1.82, 2.24) is 9.24 Å². The molecule has 1 aromatic heterocycles. The lowest BCUT2D eigenvalue weighted by Crippen LogP contribution is -2.27. The minimum Gasteiger partial charge on any atom is -0.335 e. The van der Waals surface area contributed by atoms with E-state index >= 15 is 0 Å². The molecule has 0 saturated heterocycles. The minimum atomic E-state index is -0.194. The molecule has 0 aliphatic rings. The van der Waals surface area contributed by atoms with E-state index in [1.807, 2.05) is 25.1 Å². The molecule has 0 spiro atoms. The van der Waals surface area contributed by atoms with Crippen LogP contribution in [0.25, 0.3) is 11.0 Å². The molecule has 0 saturated carbocycles. The number of fused-ring (bicyclic) bond motifs is 1. The van der Waals surface area contributed by atoms with E-state index in [9.17, 15) is 4.79 Å². The van der Waals surface area contributed by atoms with E-state index in [0.29, 0.717) is 0 Å². The Labute approximate surface area is 75.2 Å². The summed E-state index contributed by atoms with van der Waals surface area (Å²) in [5.74, 6) is 5.59. The van der Waals surface area contributed by atoms with Crippen LogP contribution in [0.3, 0.4) is 0 Å². The zero-order valence-corrected chi connectivity index (χ0v) is 7.61. The Kier molecular flexibility index (Phi) is 1.45. The molecule has 0 amide bonds. The SMILES string of the molecule is Cc1ccc2c(c1)n(N)c(=O)n2C. The van der Waals surface area contributed by atoms with Gasteiger partial charge in [0.05, 0.1) is 11.0 Å². The van der Waals surface area contributed by atoms with Crippen LogP contribution in [-0.4, -0.2) is 9.24 Å². The summed E-state index contributed by atoms with van der Waals surface area (Å²) in [6, 6.07) is 5.76. The van der Waals surface area contributed by atoms with Gasteiger partial charge < -0.3 is 5.84 Å². The normalized spacial score (nSPS) is 10.9. The van der Waals surface area contributed by atoms with E-state index in [1.165, 1.54) is 9.24 Å². The first-order valence-corrected chi connectivity index (χ1v) is 4.04. The highest BCUT2D eigenvalue weighted by atomic mass is 16.2. The van der Waals surface area contributed by atoms with E-state index in [-0.39, 0.29) is 5.69 Å². The summed E-state index contributed by atoms with van der Waals surface area (Å²) in [5, 5.41) is 0. The molecule has 1 aromatic carbocycles. The van der Waals surface area contributed by atoms with Crippen molar-refractivity contribution < 1.29 is 0 Å². The van der Waals surface area contributed by atoms with Gasteiger partial charge in [-0.15, -0.1) is 0 Å². The molecular formula is C9H11N3O. The lowest BCUT2D eigenvalue weighted by molar-refractivity contribution is 0.827. The first-order valence-electron chi connectivity index (χ1n) is 4.04. The smallest absolute Gasteiger partial charge is 0.335 e. The molecule has 2 N–H and O–H groups in total. The third-order valence-electron chi connectivity index (χ3n) is 2.24. The van der Waals surface area contributed by atoms with E-state index < -0.39 is 0 Å². The van der Waals surface area contributed by atoms with Crippen molar-refractivity contribution in [3.05, 3.63) is 34.2 Å². The maximum absolute atomic E-state index is 11.4. The molecule has 0 unspecified atom stereocenters. The second kappa shape index (κ2) is 2.39. The van der Waals surface area contributed by atoms with Crippen LogP contribution in [0.15, 0.2) is 23.0 Å². The highest BCUT2D eigenvalue weighted by Gasteiger charge is 2.06.